The molecule has 1 heterocycles. The molecule has 0 amide bonds. The van der Waals surface area contributed by atoms with Crippen molar-refractivity contribution in [1.82, 2.24) is 9.97 Å². The number of anilines is 1. The van der Waals surface area contributed by atoms with E-state index in [4.69, 9.17) is 10.8 Å². The molecule has 6 nitrogen and oxygen atoms in total. The van der Waals surface area contributed by atoms with Gasteiger partial charge in [-0.1, -0.05) is 12.1 Å². The Morgan fingerprint density at radius 3 is 2.39 bits per heavy atom. The molecule has 3 aromatic rings. The first-order chi connectivity index (χ1) is 10.9. The summed E-state index contributed by atoms with van der Waals surface area (Å²) < 4.78 is 1.45. The summed E-state index contributed by atoms with van der Waals surface area (Å²) in [5.74, 6) is -1.01. The summed E-state index contributed by atoms with van der Waals surface area (Å²) in [5.41, 5.74) is 6.43. The Bertz CT molecular complexity index is 925. The summed E-state index contributed by atoms with van der Waals surface area (Å²) in [4.78, 5) is 28.2. The highest BCUT2D eigenvalue weighted by Crippen LogP contribution is 2.22. The van der Waals surface area contributed by atoms with Gasteiger partial charge >= 0.3 is 5.97 Å². The fourth-order valence-corrected chi connectivity index (χ4v) is 2.62. The maximum atomic E-state index is 11.2. The van der Waals surface area contributed by atoms with Crippen LogP contribution in [0.25, 0.3) is 10.9 Å². The number of benzene rings is 2. The van der Waals surface area contributed by atoms with Gasteiger partial charge in [0.2, 0.25) is 0 Å². The molecule has 0 atom stereocenters. The second-order valence-electron chi connectivity index (χ2n) is 4.37. The van der Waals surface area contributed by atoms with Crippen LogP contribution in [0.15, 0.2) is 56.5 Å². The summed E-state index contributed by atoms with van der Waals surface area (Å²) >= 11 is 6.44. The predicted octanol–water partition coefficient (Wildman–Crippen LogP) is 3.42. The van der Waals surface area contributed by atoms with Gasteiger partial charge in [-0.25, -0.2) is 9.78 Å². The molecule has 4 N–H and O–H groups in total. The largest absolute Gasteiger partial charge is 0.478 e. The molecule has 0 aliphatic rings. The number of rotatable bonds is 1. The summed E-state index contributed by atoms with van der Waals surface area (Å²) in [6, 6.07) is 10.2. The molecule has 8 heteroatoms. The highest BCUT2D eigenvalue weighted by Gasteiger charge is 2.08. The number of aromatic carboxylic acids is 1. The molecule has 2 aromatic carbocycles. The monoisotopic (exact) mass is 439 g/mol. The van der Waals surface area contributed by atoms with Crippen LogP contribution in [0.2, 0.25) is 0 Å². The summed E-state index contributed by atoms with van der Waals surface area (Å²) in [6.07, 6.45) is 1.40. The van der Waals surface area contributed by atoms with Crippen LogP contribution in [0.5, 0.6) is 0 Å². The second kappa shape index (κ2) is 7.38. The van der Waals surface area contributed by atoms with Crippen LogP contribution in [-0.2, 0) is 0 Å². The van der Waals surface area contributed by atoms with E-state index in [1.54, 1.807) is 18.2 Å². The van der Waals surface area contributed by atoms with Crippen molar-refractivity contribution in [3.05, 3.63) is 67.6 Å². The molecule has 23 heavy (non-hydrogen) atoms. The van der Waals surface area contributed by atoms with Gasteiger partial charge in [-0.05, 0) is 56.1 Å². The van der Waals surface area contributed by atoms with Gasteiger partial charge in [-0.3, -0.25) is 4.79 Å². The lowest BCUT2D eigenvalue weighted by Crippen LogP contribution is -2.05. The molecule has 0 unspecified atom stereocenters. The Morgan fingerprint density at radius 1 is 1.13 bits per heavy atom. The zero-order chi connectivity index (χ0) is 17.0. The minimum Gasteiger partial charge on any atom is -0.478 e. The van der Waals surface area contributed by atoms with Gasteiger partial charge in [0, 0.05) is 8.95 Å². The first kappa shape index (κ1) is 17.2. The third-order valence-electron chi connectivity index (χ3n) is 2.90. The number of carboxylic acid groups (broad SMARTS) is 1. The third kappa shape index (κ3) is 3.96. The van der Waals surface area contributed by atoms with Crippen molar-refractivity contribution in [2.45, 2.75) is 0 Å². The van der Waals surface area contributed by atoms with Crippen LogP contribution in [-0.4, -0.2) is 21.0 Å². The highest BCUT2D eigenvalue weighted by atomic mass is 79.9. The minimum atomic E-state index is -1.01. The van der Waals surface area contributed by atoms with E-state index < -0.39 is 5.97 Å². The summed E-state index contributed by atoms with van der Waals surface area (Å²) in [6.45, 7) is 0. The normalized spacial score (nSPS) is 10.0. The van der Waals surface area contributed by atoms with Crippen molar-refractivity contribution >= 4 is 54.4 Å². The van der Waals surface area contributed by atoms with Crippen LogP contribution < -0.4 is 11.3 Å². The number of para-hydroxylation sites is 2. The molecule has 0 bridgehead atoms. The maximum Gasteiger partial charge on any atom is 0.337 e. The SMILES string of the molecule is Nc1c(Br)cccc1C(=O)O.O=c1[nH]cnc2c(Br)cccc12. The standard InChI is InChI=1S/C8H5BrN2O.C7H6BrNO2/c9-6-3-1-2-5-7(6)10-4-11-8(5)12;8-5-3-1-2-4(6(5)9)7(10)11/h1-4H,(H,10,11,12);1-3H,9H2,(H,10,11). The van der Waals surface area contributed by atoms with E-state index in [1.165, 1.54) is 12.4 Å². The number of nitrogens with zero attached hydrogens (tertiary/aromatic N) is 1. The molecule has 0 saturated carbocycles. The lowest BCUT2D eigenvalue weighted by molar-refractivity contribution is 0.0698. The van der Waals surface area contributed by atoms with Gasteiger partial charge in [0.1, 0.15) is 0 Å². The second-order valence-corrected chi connectivity index (χ2v) is 6.08. The first-order valence-electron chi connectivity index (χ1n) is 6.31. The average Bonchev–Trinajstić information content (AvgIpc) is 2.52. The minimum absolute atomic E-state index is 0.110. The maximum absolute atomic E-state index is 11.2. The highest BCUT2D eigenvalue weighted by molar-refractivity contribution is 9.11. The average molecular weight is 441 g/mol. The smallest absolute Gasteiger partial charge is 0.337 e. The summed E-state index contributed by atoms with van der Waals surface area (Å²) in [7, 11) is 0. The number of nitrogen functional groups attached to an aromatic ring is 1. The molecular formula is C15H11Br2N3O3. The quantitative estimate of drug-likeness (QED) is 0.502. The lowest BCUT2D eigenvalue weighted by Gasteiger charge is -2.00. The van der Waals surface area contributed by atoms with Crippen molar-refractivity contribution in [3.8, 4) is 0 Å². The van der Waals surface area contributed by atoms with Crippen LogP contribution in [0.3, 0.4) is 0 Å². The van der Waals surface area contributed by atoms with E-state index in [-0.39, 0.29) is 16.8 Å². The molecule has 1 aromatic heterocycles. The van der Waals surface area contributed by atoms with E-state index in [0.29, 0.717) is 15.4 Å². The zero-order valence-corrected chi connectivity index (χ0v) is 14.8. The van der Waals surface area contributed by atoms with E-state index >= 15 is 0 Å². The van der Waals surface area contributed by atoms with E-state index in [9.17, 15) is 9.59 Å². The van der Waals surface area contributed by atoms with Crippen LogP contribution >= 0.6 is 31.9 Å². The molecule has 0 fully saturated rings. The van der Waals surface area contributed by atoms with Crippen molar-refractivity contribution in [2.75, 3.05) is 5.73 Å². The Morgan fingerprint density at radius 2 is 1.78 bits per heavy atom. The number of aromatic nitrogens is 2. The zero-order valence-electron chi connectivity index (χ0n) is 11.6. The molecule has 0 radical (unpaired) electrons. The fraction of sp³-hybridized carbons (Fsp3) is 0. The number of carbonyl (C=O) groups is 1. The Labute approximate surface area is 147 Å². The van der Waals surface area contributed by atoms with Crippen LogP contribution in [0, 0.1) is 0 Å². The predicted molar refractivity (Wildman–Crippen MR) is 95.6 cm³/mol. The van der Waals surface area contributed by atoms with Gasteiger partial charge in [0.25, 0.3) is 5.56 Å². The number of nitrogens with one attached hydrogen (secondary N) is 1. The molecule has 0 aliphatic carbocycles. The molecule has 118 valence electrons. The number of halogens is 2. The Hall–Kier alpha value is -2.19. The van der Waals surface area contributed by atoms with Gasteiger partial charge in [-0.2, -0.15) is 0 Å². The number of aromatic amines is 1. The molecule has 3 rings (SSSR count). The lowest BCUT2D eigenvalue weighted by atomic mass is 10.2. The van der Waals surface area contributed by atoms with Gasteiger partial charge < -0.3 is 15.8 Å². The first-order valence-corrected chi connectivity index (χ1v) is 7.89. The molecule has 0 aliphatic heterocycles. The van der Waals surface area contributed by atoms with Gasteiger partial charge in [0.15, 0.2) is 0 Å². The number of hydrogen-bond donors (Lipinski definition) is 3. The van der Waals surface area contributed by atoms with E-state index in [0.717, 1.165) is 4.47 Å². The number of H-pyrrole nitrogens is 1. The van der Waals surface area contributed by atoms with E-state index in [2.05, 4.69) is 41.8 Å². The van der Waals surface area contributed by atoms with Crippen molar-refractivity contribution in [2.24, 2.45) is 0 Å². The Balaban J connectivity index is 0.000000168. The molecular weight excluding hydrogens is 430 g/mol. The Kier molecular flexibility index (Phi) is 5.51. The number of hydrogen-bond acceptors (Lipinski definition) is 4. The third-order valence-corrected chi connectivity index (χ3v) is 4.24. The van der Waals surface area contributed by atoms with Crippen LogP contribution in [0.4, 0.5) is 5.69 Å². The number of nitrogens with two attached hydrogens (primary N) is 1. The number of fused-ring (bicyclic) bond motifs is 1. The van der Waals surface area contributed by atoms with Crippen molar-refractivity contribution < 1.29 is 9.90 Å². The van der Waals surface area contributed by atoms with Gasteiger partial charge in [0.05, 0.1) is 28.5 Å². The van der Waals surface area contributed by atoms with Gasteiger partial charge in [-0.15, -0.1) is 0 Å². The topological polar surface area (TPSA) is 109 Å². The van der Waals surface area contributed by atoms with Crippen molar-refractivity contribution in [1.29, 1.82) is 0 Å². The molecule has 0 spiro atoms. The fourth-order valence-electron chi connectivity index (χ4n) is 1.79. The molecule has 0 saturated heterocycles. The van der Waals surface area contributed by atoms with Crippen molar-refractivity contribution in [3.63, 3.8) is 0 Å². The van der Waals surface area contributed by atoms with Crippen LogP contribution in [0.1, 0.15) is 10.4 Å². The summed E-state index contributed by atoms with van der Waals surface area (Å²) in [5, 5.41) is 9.19. The number of carboxylic acids is 1. The van der Waals surface area contributed by atoms with E-state index in [1.807, 2.05) is 12.1 Å².